The Morgan fingerprint density at radius 2 is 1.74 bits per heavy atom. The van der Waals surface area contributed by atoms with Gasteiger partial charge in [-0.1, -0.05) is 36.8 Å². The number of hydrogen-bond acceptors (Lipinski definition) is 6. The Morgan fingerprint density at radius 1 is 1.00 bits per heavy atom. The molecule has 2 aliphatic rings. The normalized spacial score (nSPS) is 17.8. The zero-order chi connectivity index (χ0) is 23.9. The van der Waals surface area contributed by atoms with E-state index >= 15 is 0 Å². The number of hydrazone groups is 1. The summed E-state index contributed by atoms with van der Waals surface area (Å²) in [6.07, 6.45) is 8.30. The Bertz CT molecular complexity index is 1070. The van der Waals surface area contributed by atoms with Crippen molar-refractivity contribution in [1.29, 1.82) is 0 Å². The second-order valence-electron chi connectivity index (χ2n) is 8.75. The maximum atomic E-state index is 12.6. The average molecular weight is 482 g/mol. The van der Waals surface area contributed by atoms with Crippen molar-refractivity contribution in [3.8, 4) is 0 Å². The van der Waals surface area contributed by atoms with Gasteiger partial charge in [-0.3, -0.25) is 9.59 Å². The number of aryl methyl sites for hydroxylation is 1. The molecule has 1 aromatic heterocycles. The standard InChI is InChI=1S/C26H31N3O4S/c1-2-33-26(32)22-20-11-7-4-8-12-21(20)34-25(22)27-23(30)24(31)29-28-19-15-13-18(14-16-19)17-9-5-3-6-10-17/h3,5-6,9-10,18H,2,4,7-8,11-16H2,1H3,(H,27,30)(H,29,31). The number of nitrogens with one attached hydrogen (secondary N) is 2. The number of carbonyl (C=O) groups is 3. The molecule has 0 atom stereocenters. The fourth-order valence-electron chi connectivity index (χ4n) is 4.71. The molecule has 0 radical (unpaired) electrons. The first kappa shape index (κ1) is 24.1. The number of rotatable bonds is 5. The lowest BCUT2D eigenvalue weighted by atomic mass is 9.83. The van der Waals surface area contributed by atoms with Gasteiger partial charge >= 0.3 is 17.8 Å². The molecule has 0 aliphatic heterocycles. The quantitative estimate of drug-likeness (QED) is 0.273. The first-order valence-corrected chi connectivity index (χ1v) is 12.9. The van der Waals surface area contributed by atoms with Gasteiger partial charge in [-0.05, 0) is 75.3 Å². The second-order valence-corrected chi connectivity index (χ2v) is 9.85. The minimum atomic E-state index is -0.837. The molecular formula is C26H31N3O4S. The van der Waals surface area contributed by atoms with E-state index in [-0.39, 0.29) is 6.61 Å². The van der Waals surface area contributed by atoms with Crippen LogP contribution < -0.4 is 10.7 Å². The molecule has 1 aromatic carbocycles. The SMILES string of the molecule is CCOC(=O)c1c(NC(=O)C(=O)NN=C2CCC(c3ccccc3)CC2)sc2c1CCCCC2. The number of thiophene rings is 1. The summed E-state index contributed by atoms with van der Waals surface area (Å²) in [5.41, 5.74) is 5.97. The van der Waals surface area contributed by atoms with Gasteiger partial charge in [0, 0.05) is 10.6 Å². The third-order valence-electron chi connectivity index (χ3n) is 6.48. The van der Waals surface area contributed by atoms with E-state index in [2.05, 4.69) is 40.1 Å². The highest BCUT2D eigenvalue weighted by atomic mass is 32.1. The summed E-state index contributed by atoms with van der Waals surface area (Å²) >= 11 is 1.37. The van der Waals surface area contributed by atoms with Gasteiger partial charge in [-0.15, -0.1) is 11.3 Å². The van der Waals surface area contributed by atoms with Crippen molar-refractivity contribution in [2.45, 2.75) is 70.6 Å². The van der Waals surface area contributed by atoms with Crippen LogP contribution in [0, 0.1) is 0 Å². The van der Waals surface area contributed by atoms with Gasteiger partial charge in [0.25, 0.3) is 0 Å². The van der Waals surface area contributed by atoms with Crippen LogP contribution in [-0.4, -0.2) is 30.1 Å². The van der Waals surface area contributed by atoms with Crippen molar-refractivity contribution in [3.63, 3.8) is 0 Å². The summed E-state index contributed by atoms with van der Waals surface area (Å²) in [6, 6.07) is 10.4. The molecule has 2 aliphatic carbocycles. The van der Waals surface area contributed by atoms with Crippen molar-refractivity contribution < 1.29 is 19.1 Å². The molecule has 1 heterocycles. The van der Waals surface area contributed by atoms with Crippen LogP contribution in [0.5, 0.6) is 0 Å². The Labute approximate surface area is 204 Å². The van der Waals surface area contributed by atoms with E-state index in [1.54, 1.807) is 6.92 Å². The molecule has 7 nitrogen and oxygen atoms in total. The lowest BCUT2D eigenvalue weighted by Gasteiger charge is -2.23. The number of hydrogen-bond donors (Lipinski definition) is 2. The third-order valence-corrected chi connectivity index (χ3v) is 7.69. The summed E-state index contributed by atoms with van der Waals surface area (Å²) < 4.78 is 5.24. The smallest absolute Gasteiger partial charge is 0.341 e. The fraction of sp³-hybridized carbons (Fsp3) is 0.462. The van der Waals surface area contributed by atoms with E-state index in [1.807, 2.05) is 6.07 Å². The predicted molar refractivity (Wildman–Crippen MR) is 133 cm³/mol. The van der Waals surface area contributed by atoms with E-state index in [9.17, 15) is 14.4 Å². The van der Waals surface area contributed by atoms with Crippen LogP contribution in [0.25, 0.3) is 0 Å². The Balaban J connectivity index is 1.37. The third kappa shape index (κ3) is 5.73. The highest BCUT2D eigenvalue weighted by Crippen LogP contribution is 2.38. The number of nitrogens with zero attached hydrogens (tertiary/aromatic N) is 1. The van der Waals surface area contributed by atoms with Crippen molar-refractivity contribution >= 4 is 39.8 Å². The van der Waals surface area contributed by atoms with Crippen LogP contribution in [0.15, 0.2) is 35.4 Å². The van der Waals surface area contributed by atoms with Crippen molar-refractivity contribution in [1.82, 2.24) is 5.43 Å². The maximum absolute atomic E-state index is 12.6. The van der Waals surface area contributed by atoms with Gasteiger partial charge in [0.1, 0.15) is 5.00 Å². The molecule has 2 N–H and O–H groups in total. The number of carbonyl (C=O) groups excluding carboxylic acids is 3. The molecule has 0 unspecified atom stereocenters. The summed E-state index contributed by atoms with van der Waals surface area (Å²) in [4.78, 5) is 38.8. The molecular weight excluding hydrogens is 450 g/mol. The van der Waals surface area contributed by atoms with E-state index in [1.165, 1.54) is 16.9 Å². The van der Waals surface area contributed by atoms with Gasteiger partial charge in [-0.2, -0.15) is 5.10 Å². The number of ether oxygens (including phenoxy) is 1. The van der Waals surface area contributed by atoms with E-state index in [0.717, 1.165) is 73.9 Å². The molecule has 2 amide bonds. The average Bonchev–Trinajstić information content (AvgIpc) is 3.03. The molecule has 8 heteroatoms. The summed E-state index contributed by atoms with van der Waals surface area (Å²) in [6.45, 7) is 2.00. The van der Waals surface area contributed by atoms with Crippen molar-refractivity contribution in [2.24, 2.45) is 5.10 Å². The summed E-state index contributed by atoms with van der Waals surface area (Å²) in [5, 5.41) is 7.24. The predicted octanol–water partition coefficient (Wildman–Crippen LogP) is 4.96. The van der Waals surface area contributed by atoms with Crippen molar-refractivity contribution in [3.05, 3.63) is 51.9 Å². The van der Waals surface area contributed by atoms with Gasteiger partial charge in [0.15, 0.2) is 0 Å². The van der Waals surface area contributed by atoms with Crippen LogP contribution >= 0.6 is 11.3 Å². The van der Waals surface area contributed by atoms with Gasteiger partial charge in [-0.25, -0.2) is 10.2 Å². The molecule has 4 rings (SSSR count). The van der Waals surface area contributed by atoms with Crippen LogP contribution in [-0.2, 0) is 27.2 Å². The van der Waals surface area contributed by atoms with Crippen LogP contribution in [0.2, 0.25) is 0 Å². The number of anilines is 1. The molecule has 34 heavy (non-hydrogen) atoms. The zero-order valence-corrected chi connectivity index (χ0v) is 20.3. The summed E-state index contributed by atoms with van der Waals surface area (Å²) in [5.74, 6) is -1.62. The van der Waals surface area contributed by atoms with Crippen molar-refractivity contribution in [2.75, 3.05) is 11.9 Å². The van der Waals surface area contributed by atoms with Crippen LogP contribution in [0.1, 0.15) is 84.1 Å². The molecule has 1 fully saturated rings. The highest BCUT2D eigenvalue weighted by molar-refractivity contribution is 7.17. The maximum Gasteiger partial charge on any atom is 0.341 e. The Kier molecular flexibility index (Phi) is 8.11. The van der Waals surface area contributed by atoms with Gasteiger partial charge in [0.2, 0.25) is 0 Å². The Hall–Kier alpha value is -3.00. The van der Waals surface area contributed by atoms with E-state index in [0.29, 0.717) is 16.5 Å². The molecule has 0 saturated heterocycles. The molecule has 0 bridgehead atoms. The van der Waals surface area contributed by atoms with Gasteiger partial charge in [0.05, 0.1) is 12.2 Å². The first-order chi connectivity index (χ1) is 16.6. The number of amides is 2. The topological polar surface area (TPSA) is 96.9 Å². The molecule has 0 spiro atoms. The Morgan fingerprint density at radius 3 is 2.47 bits per heavy atom. The monoisotopic (exact) mass is 481 g/mol. The minimum Gasteiger partial charge on any atom is -0.462 e. The van der Waals surface area contributed by atoms with Crippen LogP contribution in [0.4, 0.5) is 5.00 Å². The lowest BCUT2D eigenvalue weighted by molar-refractivity contribution is -0.136. The molecule has 180 valence electrons. The summed E-state index contributed by atoms with van der Waals surface area (Å²) in [7, 11) is 0. The number of fused-ring (bicyclic) bond motifs is 1. The molecule has 2 aromatic rings. The van der Waals surface area contributed by atoms with E-state index < -0.39 is 17.8 Å². The van der Waals surface area contributed by atoms with Gasteiger partial charge < -0.3 is 10.1 Å². The minimum absolute atomic E-state index is 0.250. The van der Waals surface area contributed by atoms with E-state index in [4.69, 9.17) is 4.74 Å². The second kappa shape index (κ2) is 11.4. The number of esters is 1. The zero-order valence-electron chi connectivity index (χ0n) is 19.5. The lowest BCUT2D eigenvalue weighted by Crippen LogP contribution is -2.33. The first-order valence-electron chi connectivity index (χ1n) is 12.1. The largest absolute Gasteiger partial charge is 0.462 e. The van der Waals surface area contributed by atoms with Crippen LogP contribution in [0.3, 0.4) is 0 Å². The highest BCUT2D eigenvalue weighted by Gasteiger charge is 2.28. The number of benzene rings is 1. The molecule has 1 saturated carbocycles. The fourth-order valence-corrected chi connectivity index (χ4v) is 5.98.